The zero-order chi connectivity index (χ0) is 16.6. The van der Waals surface area contributed by atoms with Gasteiger partial charge >= 0.3 is 5.97 Å². The Morgan fingerprint density at radius 2 is 1.91 bits per heavy atom. The average Bonchev–Trinajstić information content (AvgIpc) is 2.86. The highest BCUT2D eigenvalue weighted by molar-refractivity contribution is 5.97. The fraction of sp³-hybridized carbons (Fsp3) is 0.500. The number of aliphatic carboxylic acids is 1. The van der Waals surface area contributed by atoms with Crippen LogP contribution in [-0.4, -0.2) is 40.3 Å². The van der Waals surface area contributed by atoms with Crippen LogP contribution in [0, 0.1) is 11.6 Å². The number of rotatable bonds is 2. The Bertz CT molecular complexity index is 643. The van der Waals surface area contributed by atoms with Gasteiger partial charge in [0.2, 0.25) is 0 Å². The van der Waals surface area contributed by atoms with Crippen molar-refractivity contribution in [3.8, 4) is 0 Å². The molecule has 1 N–H and O–H groups in total. The summed E-state index contributed by atoms with van der Waals surface area (Å²) in [4.78, 5) is 25.4. The maximum absolute atomic E-state index is 14.0. The van der Waals surface area contributed by atoms with Gasteiger partial charge in [-0.1, -0.05) is 6.42 Å². The van der Waals surface area contributed by atoms with Crippen LogP contribution in [0.2, 0.25) is 0 Å². The van der Waals surface area contributed by atoms with Crippen molar-refractivity contribution < 1.29 is 28.2 Å². The summed E-state index contributed by atoms with van der Waals surface area (Å²) in [5.74, 6) is -3.76. The number of carbonyl (C=O) groups excluding carboxylic acids is 1. The first-order valence-electron chi connectivity index (χ1n) is 7.60. The Kier molecular flexibility index (Phi) is 4.06. The third-order valence-electron chi connectivity index (χ3n) is 4.56. The van der Waals surface area contributed by atoms with Crippen molar-refractivity contribution in [1.29, 1.82) is 0 Å². The van der Waals surface area contributed by atoms with E-state index in [1.165, 1.54) is 0 Å². The second-order valence-corrected chi connectivity index (χ2v) is 5.97. The molecule has 2 aliphatic rings. The molecule has 0 aromatic heterocycles. The normalized spacial score (nSPS) is 23.2. The molecule has 1 aliphatic carbocycles. The number of carboxylic acids is 1. The number of amides is 1. The minimum absolute atomic E-state index is 0.121. The topological polar surface area (TPSA) is 66.8 Å². The highest BCUT2D eigenvalue weighted by atomic mass is 19.1. The van der Waals surface area contributed by atoms with E-state index in [-0.39, 0.29) is 12.2 Å². The predicted molar refractivity (Wildman–Crippen MR) is 75.7 cm³/mol. The average molecular weight is 325 g/mol. The standard InChI is InChI=1S/C16H17F2NO4/c17-10-4-5-11(12(18)8-10)14(20)19-13(15(21)22)9-23-16(19)6-2-1-3-7-16/h4-5,8,13H,1-3,6-7,9H2,(H,21,22). The number of benzene rings is 1. The van der Waals surface area contributed by atoms with Gasteiger partial charge in [0.15, 0.2) is 6.04 Å². The van der Waals surface area contributed by atoms with E-state index in [0.29, 0.717) is 18.9 Å². The molecule has 1 aliphatic heterocycles. The monoisotopic (exact) mass is 325 g/mol. The molecule has 1 heterocycles. The van der Waals surface area contributed by atoms with E-state index < -0.39 is 35.3 Å². The Hall–Kier alpha value is -2.02. The first kappa shape index (κ1) is 15.9. The van der Waals surface area contributed by atoms with Gasteiger partial charge in [-0.05, 0) is 37.8 Å². The van der Waals surface area contributed by atoms with Crippen LogP contribution >= 0.6 is 0 Å². The van der Waals surface area contributed by atoms with Crippen molar-refractivity contribution in [1.82, 2.24) is 4.90 Å². The minimum atomic E-state index is -1.19. The van der Waals surface area contributed by atoms with E-state index in [4.69, 9.17) is 4.74 Å². The van der Waals surface area contributed by atoms with E-state index in [1.54, 1.807) is 0 Å². The van der Waals surface area contributed by atoms with Crippen molar-refractivity contribution >= 4 is 11.9 Å². The van der Waals surface area contributed by atoms with E-state index in [2.05, 4.69) is 0 Å². The number of hydrogen-bond acceptors (Lipinski definition) is 3. The summed E-state index contributed by atoms with van der Waals surface area (Å²) in [6.07, 6.45) is 3.64. The van der Waals surface area contributed by atoms with Crippen LogP contribution in [0.4, 0.5) is 8.78 Å². The molecule has 1 amide bonds. The summed E-state index contributed by atoms with van der Waals surface area (Å²) in [6.45, 7) is -0.121. The maximum atomic E-state index is 14.0. The SMILES string of the molecule is O=C(O)C1COC2(CCCCC2)N1C(=O)c1ccc(F)cc1F. The number of carboxylic acid groups (broad SMARTS) is 1. The molecule has 3 rings (SSSR count). The molecule has 0 bridgehead atoms. The van der Waals surface area contributed by atoms with Crippen LogP contribution in [0.1, 0.15) is 42.5 Å². The lowest BCUT2D eigenvalue weighted by atomic mass is 9.89. The summed E-state index contributed by atoms with van der Waals surface area (Å²) in [5, 5.41) is 9.38. The molecule has 1 unspecified atom stereocenters. The fourth-order valence-corrected chi connectivity index (χ4v) is 3.45. The van der Waals surface area contributed by atoms with Crippen LogP contribution < -0.4 is 0 Å². The highest BCUT2D eigenvalue weighted by Crippen LogP contribution is 2.41. The van der Waals surface area contributed by atoms with Crippen molar-refractivity contribution in [3.05, 3.63) is 35.4 Å². The fourth-order valence-electron chi connectivity index (χ4n) is 3.45. The van der Waals surface area contributed by atoms with E-state index in [9.17, 15) is 23.5 Å². The minimum Gasteiger partial charge on any atom is -0.480 e. The molecule has 1 atom stereocenters. The van der Waals surface area contributed by atoms with Gasteiger partial charge in [-0.25, -0.2) is 13.6 Å². The number of carbonyl (C=O) groups is 2. The van der Waals surface area contributed by atoms with Crippen LogP contribution in [0.15, 0.2) is 18.2 Å². The van der Waals surface area contributed by atoms with Gasteiger partial charge < -0.3 is 9.84 Å². The third kappa shape index (κ3) is 2.69. The molecule has 23 heavy (non-hydrogen) atoms. The molecule has 1 saturated carbocycles. The van der Waals surface area contributed by atoms with Crippen molar-refractivity contribution in [2.24, 2.45) is 0 Å². The third-order valence-corrected chi connectivity index (χ3v) is 4.56. The van der Waals surface area contributed by atoms with Gasteiger partial charge in [-0.3, -0.25) is 9.69 Å². The molecule has 1 aromatic rings. The van der Waals surface area contributed by atoms with Crippen LogP contribution in [0.25, 0.3) is 0 Å². The van der Waals surface area contributed by atoms with Gasteiger partial charge in [0, 0.05) is 6.07 Å². The first-order chi connectivity index (χ1) is 10.9. The molecular weight excluding hydrogens is 308 g/mol. The highest BCUT2D eigenvalue weighted by Gasteiger charge is 2.53. The Labute approximate surface area is 131 Å². The Morgan fingerprint density at radius 3 is 2.52 bits per heavy atom. The maximum Gasteiger partial charge on any atom is 0.328 e. The molecule has 1 aromatic carbocycles. The zero-order valence-corrected chi connectivity index (χ0v) is 12.4. The number of nitrogens with zero attached hydrogens (tertiary/aromatic N) is 1. The summed E-state index contributed by atoms with van der Waals surface area (Å²) in [7, 11) is 0. The number of hydrogen-bond donors (Lipinski definition) is 1. The molecule has 2 fully saturated rings. The second-order valence-electron chi connectivity index (χ2n) is 5.97. The molecule has 0 radical (unpaired) electrons. The Morgan fingerprint density at radius 1 is 1.22 bits per heavy atom. The van der Waals surface area contributed by atoms with Crippen LogP contribution in [0.3, 0.4) is 0 Å². The summed E-state index contributed by atoms with van der Waals surface area (Å²) in [6, 6.07) is 1.48. The molecule has 1 saturated heterocycles. The van der Waals surface area contributed by atoms with Gasteiger partial charge in [0.25, 0.3) is 5.91 Å². The second kappa shape index (κ2) is 5.88. The lowest BCUT2D eigenvalue weighted by Crippen LogP contribution is -2.54. The Balaban J connectivity index is 2.00. The summed E-state index contributed by atoms with van der Waals surface area (Å²) in [5.41, 5.74) is -1.34. The lowest BCUT2D eigenvalue weighted by Gasteiger charge is -2.41. The number of halogens is 2. The molecule has 5 nitrogen and oxygen atoms in total. The summed E-state index contributed by atoms with van der Waals surface area (Å²) >= 11 is 0. The zero-order valence-electron chi connectivity index (χ0n) is 12.4. The van der Waals surface area contributed by atoms with Crippen molar-refractivity contribution in [2.75, 3.05) is 6.61 Å². The summed E-state index contributed by atoms with van der Waals surface area (Å²) < 4.78 is 32.7. The van der Waals surface area contributed by atoms with Crippen LogP contribution in [0.5, 0.6) is 0 Å². The van der Waals surface area contributed by atoms with Crippen molar-refractivity contribution in [2.45, 2.75) is 43.9 Å². The molecule has 1 spiro atoms. The van der Waals surface area contributed by atoms with Gasteiger partial charge in [0.05, 0.1) is 12.2 Å². The van der Waals surface area contributed by atoms with Crippen molar-refractivity contribution in [3.63, 3.8) is 0 Å². The molecule has 7 heteroatoms. The largest absolute Gasteiger partial charge is 0.480 e. The van der Waals surface area contributed by atoms with Gasteiger partial charge in [-0.2, -0.15) is 0 Å². The lowest BCUT2D eigenvalue weighted by molar-refractivity contribution is -0.143. The first-order valence-corrected chi connectivity index (χ1v) is 7.60. The van der Waals surface area contributed by atoms with Gasteiger partial charge in [-0.15, -0.1) is 0 Å². The van der Waals surface area contributed by atoms with E-state index in [0.717, 1.165) is 36.3 Å². The van der Waals surface area contributed by atoms with Gasteiger partial charge in [0.1, 0.15) is 17.4 Å². The quantitative estimate of drug-likeness (QED) is 0.907. The molecular formula is C16H17F2NO4. The smallest absolute Gasteiger partial charge is 0.328 e. The predicted octanol–water partition coefficient (Wildman–Crippen LogP) is 2.55. The van der Waals surface area contributed by atoms with Crippen LogP contribution in [-0.2, 0) is 9.53 Å². The molecule has 124 valence electrons. The number of ether oxygens (including phenoxy) is 1. The van der Waals surface area contributed by atoms with E-state index in [1.807, 2.05) is 0 Å². The van der Waals surface area contributed by atoms with E-state index >= 15 is 0 Å².